The van der Waals surface area contributed by atoms with Crippen molar-refractivity contribution >= 4 is 7.82 Å². The summed E-state index contributed by atoms with van der Waals surface area (Å²) in [6, 6.07) is 0. The van der Waals surface area contributed by atoms with Crippen LogP contribution < -0.4 is 4.89 Å². The maximum absolute atomic E-state index is 11.6. The van der Waals surface area contributed by atoms with E-state index in [1.807, 2.05) is 27.2 Å². The highest BCUT2D eigenvalue weighted by Gasteiger charge is 2.15. The van der Waals surface area contributed by atoms with E-state index in [9.17, 15) is 14.6 Å². The molecule has 7 nitrogen and oxygen atoms in total. The molecule has 8 heteroatoms. The Morgan fingerprint density at radius 2 is 1.65 bits per heavy atom. The Morgan fingerprint density at radius 1 is 1.04 bits per heavy atom. The topological polar surface area (TPSA) is 88.0 Å². The minimum absolute atomic E-state index is 0.0461. The second-order valence-electron chi connectivity index (χ2n) is 7.52. The number of nitrogens with zero attached hydrogens (tertiary/aromatic N) is 1. The fourth-order valence-corrected chi connectivity index (χ4v) is 2.84. The lowest BCUT2D eigenvalue weighted by atomic mass is 10.1. The van der Waals surface area contributed by atoms with Crippen LogP contribution in [0.3, 0.4) is 0 Å². The smallest absolute Gasteiger partial charge is 0.268 e. The zero-order valence-corrected chi connectivity index (χ0v) is 17.6. The molecule has 0 aliphatic rings. The highest BCUT2D eigenvalue weighted by Crippen LogP contribution is 2.38. The van der Waals surface area contributed by atoms with Crippen LogP contribution in [0.2, 0.25) is 0 Å². The van der Waals surface area contributed by atoms with E-state index in [-0.39, 0.29) is 19.8 Å². The molecule has 0 bridgehead atoms. The van der Waals surface area contributed by atoms with Crippen LogP contribution >= 0.6 is 7.82 Å². The number of aliphatic hydroxyl groups excluding tert-OH is 1. The zero-order valence-electron chi connectivity index (χ0n) is 16.7. The molecule has 0 aromatic carbocycles. The molecule has 0 radical (unpaired) electrons. The normalized spacial score (nSPS) is 15.6. The van der Waals surface area contributed by atoms with Gasteiger partial charge in [0.15, 0.2) is 0 Å². The number of phosphoric ester groups is 1. The van der Waals surface area contributed by atoms with Crippen LogP contribution in [0.15, 0.2) is 12.7 Å². The van der Waals surface area contributed by atoms with E-state index >= 15 is 0 Å². The van der Waals surface area contributed by atoms with E-state index in [0.29, 0.717) is 17.6 Å². The number of hydrogen-bond donors (Lipinski definition) is 1. The van der Waals surface area contributed by atoms with Crippen molar-refractivity contribution in [3.8, 4) is 0 Å². The predicted molar refractivity (Wildman–Crippen MR) is 102 cm³/mol. The minimum atomic E-state index is -4.38. The van der Waals surface area contributed by atoms with Crippen LogP contribution in [-0.4, -0.2) is 69.8 Å². The van der Waals surface area contributed by atoms with Crippen LogP contribution in [0.25, 0.3) is 0 Å². The molecule has 26 heavy (non-hydrogen) atoms. The average Bonchev–Trinajstić information content (AvgIpc) is 2.53. The first-order chi connectivity index (χ1) is 12.2. The van der Waals surface area contributed by atoms with Gasteiger partial charge in [0.2, 0.25) is 0 Å². The fourth-order valence-electron chi connectivity index (χ4n) is 2.11. The summed E-state index contributed by atoms with van der Waals surface area (Å²) in [4.78, 5) is 11.6. The molecule has 0 amide bonds. The van der Waals surface area contributed by atoms with Crippen molar-refractivity contribution in [1.29, 1.82) is 0 Å². The third kappa shape index (κ3) is 18.5. The highest BCUT2D eigenvalue weighted by atomic mass is 31.2. The quantitative estimate of drug-likeness (QED) is 0.166. The van der Waals surface area contributed by atoms with E-state index in [4.69, 9.17) is 9.26 Å². The van der Waals surface area contributed by atoms with Gasteiger partial charge in [0, 0.05) is 6.61 Å². The minimum Gasteiger partial charge on any atom is -0.756 e. The second-order valence-corrected chi connectivity index (χ2v) is 8.93. The van der Waals surface area contributed by atoms with Gasteiger partial charge < -0.3 is 28.3 Å². The van der Waals surface area contributed by atoms with Gasteiger partial charge in [-0.05, 0) is 19.3 Å². The number of hydrogen-bond acceptors (Lipinski definition) is 6. The van der Waals surface area contributed by atoms with E-state index in [0.717, 1.165) is 19.3 Å². The van der Waals surface area contributed by atoms with Gasteiger partial charge in [-0.15, -0.1) is 6.58 Å². The maximum Gasteiger partial charge on any atom is 0.268 e. The SMILES string of the molecule is C=CCCCCCCCCOC[C@@H](O)COP(=O)([O-])OCC[N+](C)(C)C. The van der Waals surface area contributed by atoms with E-state index in [2.05, 4.69) is 11.1 Å². The zero-order chi connectivity index (χ0) is 19.9. The Morgan fingerprint density at radius 3 is 2.27 bits per heavy atom. The van der Waals surface area contributed by atoms with Crippen molar-refractivity contribution in [2.75, 3.05) is 54.1 Å². The molecular formula is C18H38NO6P. The molecule has 156 valence electrons. The Balaban J connectivity index is 3.57. The molecule has 1 unspecified atom stereocenters. The molecule has 0 heterocycles. The summed E-state index contributed by atoms with van der Waals surface area (Å²) in [5.41, 5.74) is 0. The first kappa shape index (κ1) is 25.7. The number of unbranched alkanes of at least 4 members (excludes halogenated alkanes) is 6. The Kier molecular flexibility index (Phi) is 14.6. The number of phosphoric acid groups is 1. The number of allylic oxidation sites excluding steroid dienone is 1. The van der Waals surface area contributed by atoms with Gasteiger partial charge in [-0.3, -0.25) is 4.57 Å². The summed E-state index contributed by atoms with van der Waals surface area (Å²) < 4.78 is 27.0. The second kappa shape index (κ2) is 14.7. The van der Waals surface area contributed by atoms with Gasteiger partial charge in [-0.25, -0.2) is 0 Å². The van der Waals surface area contributed by atoms with Gasteiger partial charge in [0.05, 0.1) is 34.4 Å². The molecule has 1 N–H and O–H groups in total. The standard InChI is InChI=1S/C18H38NO6P/c1-5-6-7-8-9-10-11-12-14-23-16-18(20)17-25-26(21,22)24-15-13-19(2,3)4/h5,18,20H,1,6-17H2,2-4H3/t18-/m1/s1. The summed E-state index contributed by atoms with van der Waals surface area (Å²) >= 11 is 0. The number of quaternary nitrogens is 1. The van der Waals surface area contributed by atoms with Crippen LogP contribution in [-0.2, 0) is 18.3 Å². The summed E-state index contributed by atoms with van der Waals surface area (Å²) in [6.07, 6.45) is 8.90. The number of ether oxygens (including phenoxy) is 1. The van der Waals surface area contributed by atoms with Crippen molar-refractivity contribution < 1.29 is 32.8 Å². The summed E-state index contributed by atoms with van der Waals surface area (Å²) in [6.45, 7) is 4.54. The highest BCUT2D eigenvalue weighted by molar-refractivity contribution is 7.45. The number of rotatable bonds is 18. The largest absolute Gasteiger partial charge is 0.756 e. The van der Waals surface area contributed by atoms with Gasteiger partial charge >= 0.3 is 0 Å². The van der Waals surface area contributed by atoms with Crippen LogP contribution in [0.5, 0.6) is 0 Å². The van der Waals surface area contributed by atoms with Gasteiger partial charge in [0.25, 0.3) is 7.82 Å². The Hall–Kier alpha value is -0.270. The third-order valence-electron chi connectivity index (χ3n) is 3.69. The molecule has 0 aromatic rings. The fraction of sp³-hybridized carbons (Fsp3) is 0.889. The summed E-state index contributed by atoms with van der Waals surface area (Å²) in [7, 11) is 1.42. The number of likely N-dealkylation sites (N-methyl/N-ethyl adjacent to an activating group) is 1. The van der Waals surface area contributed by atoms with Crippen molar-refractivity contribution in [2.24, 2.45) is 0 Å². The molecular weight excluding hydrogens is 357 g/mol. The molecule has 0 aliphatic heterocycles. The molecule has 0 saturated heterocycles. The monoisotopic (exact) mass is 395 g/mol. The van der Waals surface area contributed by atoms with Gasteiger partial charge in [-0.2, -0.15) is 0 Å². The lowest BCUT2D eigenvalue weighted by Crippen LogP contribution is -2.37. The maximum atomic E-state index is 11.6. The van der Waals surface area contributed by atoms with Crippen molar-refractivity contribution in [3.05, 3.63) is 12.7 Å². The van der Waals surface area contributed by atoms with Crippen molar-refractivity contribution in [2.45, 2.75) is 51.0 Å². The van der Waals surface area contributed by atoms with Crippen LogP contribution in [0, 0.1) is 0 Å². The Labute approximate surface area is 159 Å². The van der Waals surface area contributed by atoms with E-state index < -0.39 is 13.9 Å². The predicted octanol–water partition coefficient (Wildman–Crippen LogP) is 2.49. The van der Waals surface area contributed by atoms with Crippen molar-refractivity contribution in [3.63, 3.8) is 0 Å². The molecule has 0 fully saturated rings. The molecule has 0 aliphatic carbocycles. The van der Waals surface area contributed by atoms with Crippen LogP contribution in [0.4, 0.5) is 0 Å². The number of aliphatic hydroxyl groups is 1. The average molecular weight is 395 g/mol. The first-order valence-electron chi connectivity index (χ1n) is 9.43. The van der Waals surface area contributed by atoms with Crippen LogP contribution in [0.1, 0.15) is 44.9 Å². The van der Waals surface area contributed by atoms with Gasteiger partial charge in [-0.1, -0.05) is 31.8 Å². The molecule has 0 spiro atoms. The molecule has 0 rings (SSSR count). The van der Waals surface area contributed by atoms with E-state index in [1.165, 1.54) is 25.7 Å². The van der Waals surface area contributed by atoms with E-state index in [1.54, 1.807) is 0 Å². The molecule has 0 aromatic heterocycles. The lowest BCUT2D eigenvalue weighted by Gasteiger charge is -2.27. The molecule has 0 saturated carbocycles. The first-order valence-corrected chi connectivity index (χ1v) is 10.9. The summed E-state index contributed by atoms with van der Waals surface area (Å²) in [5.74, 6) is 0. The lowest BCUT2D eigenvalue weighted by molar-refractivity contribution is -0.870. The molecule has 2 atom stereocenters. The van der Waals surface area contributed by atoms with Crippen molar-refractivity contribution in [1.82, 2.24) is 0 Å². The Bertz CT molecular complexity index is 400. The van der Waals surface area contributed by atoms with Gasteiger partial charge in [0.1, 0.15) is 19.3 Å². The third-order valence-corrected chi connectivity index (χ3v) is 4.66. The summed E-state index contributed by atoms with van der Waals surface area (Å²) in [5, 5.41) is 9.71.